The van der Waals surface area contributed by atoms with E-state index in [2.05, 4.69) is 4.98 Å². The summed E-state index contributed by atoms with van der Waals surface area (Å²) in [7, 11) is 1.44. The lowest BCUT2D eigenvalue weighted by atomic mass is 10.1. The third-order valence-corrected chi connectivity index (χ3v) is 3.11. The number of aliphatic hydroxyl groups is 1. The topological polar surface area (TPSA) is 93.6 Å². The Labute approximate surface area is 103 Å². The monoisotopic (exact) mass is 256 g/mol. The van der Waals surface area contributed by atoms with E-state index in [0.717, 1.165) is 0 Å². The van der Waals surface area contributed by atoms with Gasteiger partial charge in [-0.05, 0) is 6.42 Å². The second kappa shape index (κ2) is 5.05. The molecule has 0 aromatic carbocycles. The summed E-state index contributed by atoms with van der Waals surface area (Å²) in [6, 6.07) is 1.23. The summed E-state index contributed by atoms with van der Waals surface area (Å²) in [5.41, 5.74) is -1.06. The van der Waals surface area contributed by atoms with Crippen molar-refractivity contribution in [3.63, 3.8) is 0 Å². The number of H-pyrrole nitrogens is 1. The number of ether oxygens (including phenoxy) is 2. The molecule has 7 heteroatoms. The summed E-state index contributed by atoms with van der Waals surface area (Å²) < 4.78 is 12.0. The molecule has 0 saturated carbocycles. The highest BCUT2D eigenvalue weighted by Crippen LogP contribution is 2.31. The number of aromatic amines is 1. The van der Waals surface area contributed by atoms with Gasteiger partial charge in [0.25, 0.3) is 5.56 Å². The standard InChI is InChI=1S/C11H16N2O5/c1-3-6-8(15)9(17-2)10(18-6)13-5-4-7(14)12-11(13)16/h4-6,8-10,15H,3H2,1-2H3,(H,12,14,16)/t6-,8?,9+,10-/m1/s1. The van der Waals surface area contributed by atoms with Crippen LogP contribution in [0.1, 0.15) is 19.6 Å². The predicted molar refractivity (Wildman–Crippen MR) is 62.3 cm³/mol. The van der Waals surface area contributed by atoms with Crippen molar-refractivity contribution < 1.29 is 14.6 Å². The van der Waals surface area contributed by atoms with Crippen LogP contribution in [0.4, 0.5) is 0 Å². The van der Waals surface area contributed by atoms with Crippen LogP contribution < -0.4 is 11.2 Å². The Bertz CT molecular complexity index is 523. The first-order valence-electron chi connectivity index (χ1n) is 5.76. The van der Waals surface area contributed by atoms with Crippen LogP contribution in [0.5, 0.6) is 0 Å². The zero-order valence-electron chi connectivity index (χ0n) is 10.2. The molecule has 0 amide bonds. The largest absolute Gasteiger partial charge is 0.388 e. The van der Waals surface area contributed by atoms with Crippen molar-refractivity contribution in [2.24, 2.45) is 0 Å². The smallest absolute Gasteiger partial charge is 0.330 e. The zero-order valence-corrected chi connectivity index (χ0v) is 10.2. The van der Waals surface area contributed by atoms with Crippen molar-refractivity contribution in [2.45, 2.75) is 37.9 Å². The van der Waals surface area contributed by atoms with Crippen molar-refractivity contribution in [2.75, 3.05) is 7.11 Å². The van der Waals surface area contributed by atoms with Gasteiger partial charge in [-0.2, -0.15) is 0 Å². The lowest BCUT2D eigenvalue weighted by molar-refractivity contribution is -0.0542. The van der Waals surface area contributed by atoms with Crippen LogP contribution in [0.2, 0.25) is 0 Å². The molecule has 1 aliphatic heterocycles. The Morgan fingerprint density at radius 1 is 1.56 bits per heavy atom. The lowest BCUT2D eigenvalue weighted by Crippen LogP contribution is -2.38. The van der Waals surface area contributed by atoms with Crippen LogP contribution in [0, 0.1) is 0 Å². The summed E-state index contributed by atoms with van der Waals surface area (Å²) in [5.74, 6) is 0. The maximum Gasteiger partial charge on any atom is 0.330 e. The van der Waals surface area contributed by atoms with Crippen molar-refractivity contribution in [3.8, 4) is 0 Å². The minimum atomic E-state index is -0.802. The Hall–Kier alpha value is -1.44. The van der Waals surface area contributed by atoms with E-state index in [1.807, 2.05) is 6.92 Å². The Kier molecular flexibility index (Phi) is 3.65. The number of aliphatic hydroxyl groups excluding tert-OH is 1. The normalized spacial score (nSPS) is 31.7. The number of nitrogens with one attached hydrogen (secondary N) is 1. The van der Waals surface area contributed by atoms with Crippen molar-refractivity contribution >= 4 is 0 Å². The molecular formula is C11H16N2O5. The highest BCUT2D eigenvalue weighted by molar-refractivity contribution is 4.93. The van der Waals surface area contributed by atoms with Crippen LogP contribution in [0.15, 0.2) is 21.9 Å². The van der Waals surface area contributed by atoms with E-state index in [-0.39, 0.29) is 0 Å². The second-order valence-corrected chi connectivity index (χ2v) is 4.18. The van der Waals surface area contributed by atoms with Crippen molar-refractivity contribution in [1.29, 1.82) is 0 Å². The molecule has 1 fully saturated rings. The van der Waals surface area contributed by atoms with Gasteiger partial charge in [0.2, 0.25) is 0 Å². The zero-order chi connectivity index (χ0) is 13.3. The lowest BCUT2D eigenvalue weighted by Gasteiger charge is -2.20. The number of nitrogens with zero attached hydrogens (tertiary/aromatic N) is 1. The minimum absolute atomic E-state index is 0.390. The molecule has 0 spiro atoms. The third-order valence-electron chi connectivity index (χ3n) is 3.11. The van der Waals surface area contributed by atoms with Crippen LogP contribution in [-0.2, 0) is 9.47 Å². The van der Waals surface area contributed by atoms with E-state index in [9.17, 15) is 14.7 Å². The molecule has 18 heavy (non-hydrogen) atoms. The fraction of sp³-hybridized carbons (Fsp3) is 0.636. The summed E-state index contributed by atoms with van der Waals surface area (Å²) in [6.07, 6.45) is -0.626. The fourth-order valence-corrected chi connectivity index (χ4v) is 2.16. The summed E-state index contributed by atoms with van der Waals surface area (Å²) in [6.45, 7) is 1.87. The average molecular weight is 256 g/mol. The molecule has 1 saturated heterocycles. The first-order valence-corrected chi connectivity index (χ1v) is 5.76. The summed E-state index contributed by atoms with van der Waals surface area (Å²) in [4.78, 5) is 24.8. The fourth-order valence-electron chi connectivity index (χ4n) is 2.16. The molecule has 0 bridgehead atoms. The van der Waals surface area contributed by atoms with E-state index in [4.69, 9.17) is 9.47 Å². The molecule has 7 nitrogen and oxygen atoms in total. The molecule has 0 aliphatic carbocycles. The number of hydrogen-bond acceptors (Lipinski definition) is 5. The van der Waals surface area contributed by atoms with Crippen LogP contribution in [0.3, 0.4) is 0 Å². The maximum atomic E-state index is 11.7. The molecule has 1 unspecified atom stereocenters. The first-order chi connectivity index (χ1) is 8.58. The molecule has 1 aromatic rings. The van der Waals surface area contributed by atoms with E-state index >= 15 is 0 Å². The number of aromatic nitrogens is 2. The first kappa shape index (κ1) is 13.0. The van der Waals surface area contributed by atoms with E-state index in [0.29, 0.717) is 6.42 Å². The molecule has 2 N–H and O–H groups in total. The van der Waals surface area contributed by atoms with E-state index in [1.165, 1.54) is 23.9 Å². The molecule has 0 radical (unpaired) electrons. The molecule has 4 atom stereocenters. The minimum Gasteiger partial charge on any atom is -0.388 e. The molecule has 1 aromatic heterocycles. The Balaban J connectivity index is 2.38. The van der Waals surface area contributed by atoms with Crippen LogP contribution in [0.25, 0.3) is 0 Å². The van der Waals surface area contributed by atoms with Gasteiger partial charge in [-0.1, -0.05) is 6.92 Å². The van der Waals surface area contributed by atoms with Gasteiger partial charge >= 0.3 is 5.69 Å². The average Bonchev–Trinajstić information content (AvgIpc) is 2.65. The van der Waals surface area contributed by atoms with Crippen LogP contribution in [-0.4, -0.2) is 40.1 Å². The quantitative estimate of drug-likeness (QED) is 0.740. The van der Waals surface area contributed by atoms with E-state index in [1.54, 1.807) is 0 Å². The van der Waals surface area contributed by atoms with Gasteiger partial charge in [0.1, 0.15) is 12.2 Å². The number of hydrogen-bond donors (Lipinski definition) is 2. The van der Waals surface area contributed by atoms with Gasteiger partial charge in [-0.25, -0.2) is 4.79 Å². The van der Waals surface area contributed by atoms with Crippen molar-refractivity contribution in [1.82, 2.24) is 9.55 Å². The summed E-state index contributed by atoms with van der Waals surface area (Å²) in [5, 5.41) is 9.99. The van der Waals surface area contributed by atoms with Gasteiger partial charge in [-0.3, -0.25) is 14.3 Å². The Morgan fingerprint density at radius 3 is 2.83 bits per heavy atom. The molecule has 1 aliphatic rings. The third kappa shape index (κ3) is 2.12. The van der Waals surface area contributed by atoms with Gasteiger partial charge in [0, 0.05) is 19.4 Å². The number of methoxy groups -OCH3 is 1. The van der Waals surface area contributed by atoms with Crippen molar-refractivity contribution in [3.05, 3.63) is 33.1 Å². The highest BCUT2D eigenvalue weighted by atomic mass is 16.6. The maximum absolute atomic E-state index is 11.7. The summed E-state index contributed by atoms with van der Waals surface area (Å²) >= 11 is 0. The molecular weight excluding hydrogens is 240 g/mol. The molecule has 100 valence electrons. The van der Waals surface area contributed by atoms with E-state index < -0.39 is 35.8 Å². The van der Waals surface area contributed by atoms with Crippen LogP contribution >= 0.6 is 0 Å². The number of rotatable bonds is 3. The predicted octanol–water partition coefficient (Wildman–Crippen LogP) is -0.780. The van der Waals surface area contributed by atoms with Gasteiger partial charge in [0.05, 0.1) is 6.10 Å². The SMILES string of the molecule is CC[C@H]1O[C@@H](n2ccc(=O)[nH]c2=O)[C@@H](OC)C1O. The second-order valence-electron chi connectivity index (χ2n) is 4.18. The highest BCUT2D eigenvalue weighted by Gasteiger charge is 2.44. The van der Waals surface area contributed by atoms with Gasteiger partial charge < -0.3 is 14.6 Å². The van der Waals surface area contributed by atoms with Gasteiger partial charge in [0.15, 0.2) is 6.23 Å². The molecule has 2 rings (SSSR count). The van der Waals surface area contributed by atoms with Gasteiger partial charge in [-0.15, -0.1) is 0 Å². The molecule has 2 heterocycles. The Morgan fingerprint density at radius 2 is 2.28 bits per heavy atom.